The normalized spacial score (nSPS) is 10.9. The zero-order valence-electron chi connectivity index (χ0n) is 17.0. The maximum Gasteiger partial charge on any atom is 0.341 e. The van der Waals surface area contributed by atoms with Gasteiger partial charge >= 0.3 is 5.97 Å². The molecule has 0 radical (unpaired) electrons. The van der Waals surface area contributed by atoms with Crippen molar-refractivity contribution >= 4 is 22.7 Å². The molecule has 2 aromatic carbocycles. The lowest BCUT2D eigenvalue weighted by Gasteiger charge is -2.14. The van der Waals surface area contributed by atoms with Crippen LogP contribution in [0.4, 0.5) is 10.2 Å². The number of pyridine rings is 2. The average molecular weight is 417 g/mol. The number of hydrogen-bond donors (Lipinski definition) is 1. The molecule has 2 aromatic heterocycles. The molecule has 7 heteroatoms. The maximum absolute atomic E-state index is 14.5. The van der Waals surface area contributed by atoms with Crippen molar-refractivity contribution in [3.05, 3.63) is 94.2 Å². The number of aromatic nitrogens is 2. The van der Waals surface area contributed by atoms with E-state index in [4.69, 9.17) is 0 Å². The lowest BCUT2D eigenvalue weighted by atomic mass is 10.0. The van der Waals surface area contributed by atoms with Gasteiger partial charge in [0.05, 0.1) is 5.52 Å². The second-order valence-corrected chi connectivity index (χ2v) is 7.44. The molecule has 0 spiro atoms. The summed E-state index contributed by atoms with van der Waals surface area (Å²) in [6, 6.07) is 15.7. The molecule has 0 amide bonds. The van der Waals surface area contributed by atoms with Crippen LogP contribution >= 0.6 is 0 Å². The first-order chi connectivity index (χ1) is 14.8. The van der Waals surface area contributed by atoms with Crippen molar-refractivity contribution in [1.29, 1.82) is 0 Å². The Hall–Kier alpha value is -4.00. The second-order valence-electron chi connectivity index (χ2n) is 7.44. The molecule has 0 saturated carbocycles. The number of carboxylic acids is 1. The molecule has 0 unspecified atom stereocenters. The first-order valence-electron chi connectivity index (χ1n) is 9.63. The summed E-state index contributed by atoms with van der Waals surface area (Å²) in [6.07, 6.45) is 3.00. The Morgan fingerprint density at radius 1 is 1.06 bits per heavy atom. The Kier molecular flexibility index (Phi) is 5.25. The molecule has 0 aliphatic heterocycles. The number of rotatable bonds is 5. The molecular weight excluding hydrogens is 397 g/mol. The van der Waals surface area contributed by atoms with Crippen LogP contribution in [0.25, 0.3) is 22.0 Å². The van der Waals surface area contributed by atoms with Gasteiger partial charge in [0.25, 0.3) is 0 Å². The van der Waals surface area contributed by atoms with Crippen LogP contribution < -0.4 is 10.3 Å². The Morgan fingerprint density at radius 2 is 1.77 bits per heavy atom. The summed E-state index contributed by atoms with van der Waals surface area (Å²) in [6.45, 7) is 0.218. The van der Waals surface area contributed by atoms with Gasteiger partial charge in [-0.3, -0.25) is 4.79 Å². The van der Waals surface area contributed by atoms with Gasteiger partial charge in [0, 0.05) is 44.0 Å². The van der Waals surface area contributed by atoms with Gasteiger partial charge in [-0.1, -0.05) is 30.3 Å². The molecule has 2 heterocycles. The minimum absolute atomic E-state index is 0.0450. The van der Waals surface area contributed by atoms with Gasteiger partial charge in [-0.15, -0.1) is 0 Å². The minimum Gasteiger partial charge on any atom is -0.477 e. The first-order valence-corrected chi connectivity index (χ1v) is 9.63. The lowest BCUT2D eigenvalue weighted by molar-refractivity contribution is 0.0695. The Labute approximate surface area is 177 Å². The summed E-state index contributed by atoms with van der Waals surface area (Å²) in [7, 11) is 3.85. The summed E-state index contributed by atoms with van der Waals surface area (Å²) >= 11 is 0. The van der Waals surface area contributed by atoms with Gasteiger partial charge < -0.3 is 14.6 Å². The van der Waals surface area contributed by atoms with E-state index in [1.807, 2.05) is 55.4 Å². The molecule has 0 aliphatic rings. The summed E-state index contributed by atoms with van der Waals surface area (Å²) in [5.41, 5.74) is 1.79. The van der Waals surface area contributed by atoms with E-state index in [2.05, 4.69) is 4.98 Å². The number of aromatic carboxylic acids is 1. The van der Waals surface area contributed by atoms with Gasteiger partial charge in [-0.25, -0.2) is 14.2 Å². The fraction of sp³-hybridized carbons (Fsp3) is 0.125. The SMILES string of the molecule is CN(C)c1ccc(-c2ccc(Cn3cc(C(=O)O)c(=O)c4cccc(F)c43)cc2)cn1. The monoisotopic (exact) mass is 417 g/mol. The molecule has 31 heavy (non-hydrogen) atoms. The molecule has 0 saturated heterocycles. The van der Waals surface area contributed by atoms with Crippen LogP contribution in [0.2, 0.25) is 0 Å². The fourth-order valence-corrected chi connectivity index (χ4v) is 3.51. The second kappa shape index (κ2) is 8.02. The van der Waals surface area contributed by atoms with E-state index in [-0.39, 0.29) is 23.0 Å². The van der Waals surface area contributed by atoms with Crippen LogP contribution in [0.3, 0.4) is 0 Å². The molecule has 0 bridgehead atoms. The van der Waals surface area contributed by atoms with Crippen molar-refractivity contribution in [2.75, 3.05) is 19.0 Å². The van der Waals surface area contributed by atoms with Crippen molar-refractivity contribution in [1.82, 2.24) is 9.55 Å². The highest BCUT2D eigenvalue weighted by Crippen LogP contribution is 2.22. The molecule has 1 N–H and O–H groups in total. The van der Waals surface area contributed by atoms with E-state index in [0.29, 0.717) is 0 Å². The predicted octanol–water partition coefficient (Wildman–Crippen LogP) is 4.02. The molecule has 6 nitrogen and oxygen atoms in total. The van der Waals surface area contributed by atoms with Crippen LogP contribution in [0.1, 0.15) is 15.9 Å². The van der Waals surface area contributed by atoms with Gasteiger partial charge in [0.1, 0.15) is 17.2 Å². The Morgan fingerprint density at radius 3 is 2.39 bits per heavy atom. The highest BCUT2D eigenvalue weighted by atomic mass is 19.1. The van der Waals surface area contributed by atoms with Crippen molar-refractivity contribution in [2.24, 2.45) is 0 Å². The lowest BCUT2D eigenvalue weighted by Crippen LogP contribution is -2.19. The summed E-state index contributed by atoms with van der Waals surface area (Å²) in [5.74, 6) is -1.05. The molecule has 0 aliphatic carbocycles. The Bertz CT molecular complexity index is 1330. The number of nitrogens with zero attached hydrogens (tertiary/aromatic N) is 3. The standard InChI is InChI=1S/C24H20FN3O3/c1-27(2)21-11-10-17(12-26-21)16-8-6-15(7-9-16)13-28-14-19(24(30)31)23(29)18-4-3-5-20(25)22(18)28/h3-12,14H,13H2,1-2H3,(H,30,31). The third-order valence-corrected chi connectivity index (χ3v) is 5.12. The van der Waals surface area contributed by atoms with Crippen molar-refractivity contribution in [3.63, 3.8) is 0 Å². The molecule has 4 aromatic rings. The molecule has 0 fully saturated rings. The summed E-state index contributed by atoms with van der Waals surface area (Å²) < 4.78 is 16.0. The van der Waals surface area contributed by atoms with E-state index in [1.165, 1.54) is 29.0 Å². The summed E-state index contributed by atoms with van der Waals surface area (Å²) in [5, 5.41) is 9.43. The van der Waals surface area contributed by atoms with Crippen molar-refractivity contribution < 1.29 is 14.3 Å². The van der Waals surface area contributed by atoms with Gasteiger partial charge in [-0.05, 0) is 35.4 Å². The van der Waals surface area contributed by atoms with E-state index in [9.17, 15) is 19.1 Å². The minimum atomic E-state index is -1.34. The van der Waals surface area contributed by atoms with Crippen LogP contribution in [0.15, 0.2) is 71.8 Å². The maximum atomic E-state index is 14.5. The number of fused-ring (bicyclic) bond motifs is 1. The van der Waals surface area contributed by atoms with E-state index >= 15 is 0 Å². The van der Waals surface area contributed by atoms with Gasteiger partial charge in [0.15, 0.2) is 0 Å². The average Bonchev–Trinajstić information content (AvgIpc) is 2.76. The fourth-order valence-electron chi connectivity index (χ4n) is 3.51. The van der Waals surface area contributed by atoms with Gasteiger partial charge in [-0.2, -0.15) is 0 Å². The highest BCUT2D eigenvalue weighted by Gasteiger charge is 2.17. The number of benzene rings is 2. The molecule has 0 atom stereocenters. The molecule has 156 valence electrons. The topological polar surface area (TPSA) is 75.4 Å². The van der Waals surface area contributed by atoms with Crippen molar-refractivity contribution in [3.8, 4) is 11.1 Å². The van der Waals surface area contributed by atoms with E-state index in [0.717, 1.165) is 22.5 Å². The predicted molar refractivity (Wildman–Crippen MR) is 118 cm³/mol. The number of carboxylic acid groups (broad SMARTS) is 1. The third-order valence-electron chi connectivity index (χ3n) is 5.12. The van der Waals surface area contributed by atoms with Crippen LogP contribution in [-0.4, -0.2) is 34.7 Å². The van der Waals surface area contributed by atoms with Gasteiger partial charge in [0.2, 0.25) is 5.43 Å². The van der Waals surface area contributed by atoms with E-state index < -0.39 is 17.2 Å². The zero-order chi connectivity index (χ0) is 22.1. The quantitative estimate of drug-likeness (QED) is 0.531. The molecule has 4 rings (SSSR count). The van der Waals surface area contributed by atoms with Crippen LogP contribution in [-0.2, 0) is 6.54 Å². The van der Waals surface area contributed by atoms with Crippen LogP contribution in [0.5, 0.6) is 0 Å². The van der Waals surface area contributed by atoms with Crippen molar-refractivity contribution in [2.45, 2.75) is 6.54 Å². The Balaban J connectivity index is 1.70. The van der Waals surface area contributed by atoms with E-state index in [1.54, 1.807) is 6.20 Å². The number of anilines is 1. The third kappa shape index (κ3) is 3.90. The largest absolute Gasteiger partial charge is 0.477 e. The number of carbonyl (C=O) groups is 1. The first kappa shape index (κ1) is 20.3. The van der Waals surface area contributed by atoms with Crippen LogP contribution in [0, 0.1) is 5.82 Å². The number of halogens is 1. The smallest absolute Gasteiger partial charge is 0.341 e. The summed E-state index contributed by atoms with van der Waals surface area (Å²) in [4.78, 5) is 30.3. The number of para-hydroxylation sites is 1. The highest BCUT2D eigenvalue weighted by molar-refractivity contribution is 5.92. The number of hydrogen-bond acceptors (Lipinski definition) is 4. The molecular formula is C24H20FN3O3. The zero-order valence-corrected chi connectivity index (χ0v) is 17.0.